The van der Waals surface area contributed by atoms with E-state index in [1.807, 2.05) is 19.9 Å². The Morgan fingerprint density at radius 1 is 1.27 bits per heavy atom. The molecule has 26 heavy (non-hydrogen) atoms. The number of nitrogens with zero attached hydrogens (tertiary/aromatic N) is 2. The molecule has 2 aromatic heterocycles. The maximum absolute atomic E-state index is 11.8. The van der Waals surface area contributed by atoms with Crippen LogP contribution in [0.4, 0.5) is 4.79 Å². The van der Waals surface area contributed by atoms with E-state index in [0.717, 1.165) is 5.56 Å². The molecule has 0 saturated heterocycles. The standard InChI is InChI=1S/C18H19N5O3/c1-10(2)22-18(25)26-14-9-21-16-15(14)23-13(8-20-16)11-5-4-6-12(7-11)17(24)19-3/h4-10H,1-3H3,(H,19,24)(H,20,21)(H,22,25). The zero-order valence-corrected chi connectivity index (χ0v) is 14.7. The molecule has 8 heteroatoms. The number of H-pyrrole nitrogens is 1. The van der Waals surface area contributed by atoms with Crippen LogP contribution in [-0.4, -0.2) is 40.0 Å². The van der Waals surface area contributed by atoms with E-state index in [2.05, 4.69) is 25.6 Å². The van der Waals surface area contributed by atoms with Crippen LogP contribution in [0.2, 0.25) is 0 Å². The molecule has 0 radical (unpaired) electrons. The molecule has 8 nitrogen and oxygen atoms in total. The van der Waals surface area contributed by atoms with Gasteiger partial charge in [-0.3, -0.25) is 4.79 Å². The molecule has 0 aliphatic rings. The summed E-state index contributed by atoms with van der Waals surface area (Å²) in [5.74, 6) is 0.104. The van der Waals surface area contributed by atoms with Gasteiger partial charge in [-0.25, -0.2) is 14.8 Å². The molecule has 3 aromatic rings. The Morgan fingerprint density at radius 2 is 2.08 bits per heavy atom. The molecule has 2 amide bonds. The SMILES string of the molecule is CNC(=O)c1cccc(-c2cnc3[nH]cc(OC(=O)NC(C)C)c3n2)c1. The summed E-state index contributed by atoms with van der Waals surface area (Å²) in [5, 5.41) is 5.24. The first-order chi connectivity index (χ1) is 12.5. The lowest BCUT2D eigenvalue weighted by molar-refractivity contribution is 0.0963. The van der Waals surface area contributed by atoms with E-state index in [9.17, 15) is 9.59 Å². The van der Waals surface area contributed by atoms with Crippen molar-refractivity contribution in [3.63, 3.8) is 0 Å². The minimum Gasteiger partial charge on any atom is -0.406 e. The van der Waals surface area contributed by atoms with E-state index in [4.69, 9.17) is 4.74 Å². The van der Waals surface area contributed by atoms with Crippen molar-refractivity contribution in [3.05, 3.63) is 42.2 Å². The third kappa shape index (κ3) is 3.64. The predicted molar refractivity (Wildman–Crippen MR) is 97.0 cm³/mol. The Labute approximate surface area is 150 Å². The van der Waals surface area contributed by atoms with Crippen LogP contribution in [0.1, 0.15) is 24.2 Å². The molecular weight excluding hydrogens is 334 g/mol. The fourth-order valence-electron chi connectivity index (χ4n) is 2.41. The quantitative estimate of drug-likeness (QED) is 0.668. The summed E-state index contributed by atoms with van der Waals surface area (Å²) in [6, 6.07) is 7.02. The van der Waals surface area contributed by atoms with Gasteiger partial charge in [-0.15, -0.1) is 0 Å². The molecule has 0 unspecified atom stereocenters. The van der Waals surface area contributed by atoms with Crippen LogP contribution in [-0.2, 0) is 0 Å². The lowest BCUT2D eigenvalue weighted by atomic mass is 10.1. The minimum atomic E-state index is -0.560. The molecule has 134 valence electrons. The van der Waals surface area contributed by atoms with Crippen LogP contribution < -0.4 is 15.4 Å². The van der Waals surface area contributed by atoms with E-state index in [1.54, 1.807) is 31.4 Å². The third-order valence-corrected chi connectivity index (χ3v) is 3.60. The molecule has 0 aliphatic heterocycles. The van der Waals surface area contributed by atoms with Crippen molar-refractivity contribution in [2.45, 2.75) is 19.9 Å². The Morgan fingerprint density at radius 3 is 2.81 bits per heavy atom. The fraction of sp³-hybridized carbons (Fsp3) is 0.222. The number of nitrogens with one attached hydrogen (secondary N) is 3. The van der Waals surface area contributed by atoms with Crippen molar-refractivity contribution in [1.82, 2.24) is 25.6 Å². The van der Waals surface area contributed by atoms with Gasteiger partial charge in [0, 0.05) is 30.4 Å². The number of rotatable bonds is 4. The molecule has 3 rings (SSSR count). The fourth-order valence-corrected chi connectivity index (χ4v) is 2.41. The maximum Gasteiger partial charge on any atom is 0.412 e. The summed E-state index contributed by atoms with van der Waals surface area (Å²) in [5.41, 5.74) is 2.76. The number of ether oxygens (including phenoxy) is 1. The van der Waals surface area contributed by atoms with Crippen LogP contribution in [0.3, 0.4) is 0 Å². The molecule has 2 heterocycles. The molecule has 0 spiro atoms. The smallest absolute Gasteiger partial charge is 0.406 e. The van der Waals surface area contributed by atoms with Gasteiger partial charge in [-0.2, -0.15) is 0 Å². The third-order valence-electron chi connectivity index (χ3n) is 3.60. The normalized spacial score (nSPS) is 10.8. The van der Waals surface area contributed by atoms with Gasteiger partial charge in [0.15, 0.2) is 16.9 Å². The molecule has 0 bridgehead atoms. The van der Waals surface area contributed by atoms with Crippen molar-refractivity contribution >= 4 is 23.2 Å². The van der Waals surface area contributed by atoms with Gasteiger partial charge in [0.25, 0.3) is 5.91 Å². The van der Waals surface area contributed by atoms with E-state index >= 15 is 0 Å². The second-order valence-electron chi connectivity index (χ2n) is 5.95. The topological polar surface area (TPSA) is 109 Å². The van der Waals surface area contributed by atoms with Crippen molar-refractivity contribution in [2.24, 2.45) is 0 Å². The molecule has 0 atom stereocenters. The number of carbonyl (C=O) groups excluding carboxylic acids is 2. The Balaban J connectivity index is 1.95. The molecule has 0 saturated carbocycles. The first-order valence-corrected chi connectivity index (χ1v) is 8.13. The first kappa shape index (κ1) is 17.4. The average molecular weight is 353 g/mol. The number of aromatic nitrogens is 3. The number of hydrogen-bond donors (Lipinski definition) is 3. The van der Waals surface area contributed by atoms with Gasteiger partial charge in [-0.05, 0) is 26.0 Å². The van der Waals surface area contributed by atoms with Crippen molar-refractivity contribution in [3.8, 4) is 17.0 Å². The van der Waals surface area contributed by atoms with Crippen molar-refractivity contribution < 1.29 is 14.3 Å². The van der Waals surface area contributed by atoms with E-state index in [1.165, 1.54) is 6.20 Å². The molecule has 1 aromatic carbocycles. The number of carbonyl (C=O) groups is 2. The highest BCUT2D eigenvalue weighted by molar-refractivity contribution is 5.95. The second-order valence-corrected chi connectivity index (χ2v) is 5.95. The highest BCUT2D eigenvalue weighted by Crippen LogP contribution is 2.26. The predicted octanol–water partition coefficient (Wildman–Crippen LogP) is 2.48. The van der Waals surface area contributed by atoms with Gasteiger partial charge in [0.1, 0.15) is 0 Å². The van der Waals surface area contributed by atoms with Crippen LogP contribution in [0.25, 0.3) is 22.4 Å². The van der Waals surface area contributed by atoms with E-state index in [-0.39, 0.29) is 17.7 Å². The van der Waals surface area contributed by atoms with Crippen molar-refractivity contribution in [2.75, 3.05) is 7.05 Å². The minimum absolute atomic E-state index is 0.0400. The van der Waals surface area contributed by atoms with Crippen molar-refractivity contribution in [1.29, 1.82) is 0 Å². The Bertz CT molecular complexity index is 964. The summed E-state index contributed by atoms with van der Waals surface area (Å²) in [6.07, 6.45) is 2.57. The average Bonchev–Trinajstić information content (AvgIpc) is 3.02. The van der Waals surface area contributed by atoms with Gasteiger partial charge >= 0.3 is 6.09 Å². The molecule has 0 fully saturated rings. The van der Waals surface area contributed by atoms with E-state index < -0.39 is 6.09 Å². The summed E-state index contributed by atoms with van der Waals surface area (Å²) < 4.78 is 5.30. The monoisotopic (exact) mass is 353 g/mol. The Kier molecular flexibility index (Phi) is 4.83. The van der Waals surface area contributed by atoms with Gasteiger partial charge in [0.2, 0.25) is 0 Å². The van der Waals surface area contributed by atoms with E-state index in [0.29, 0.717) is 22.4 Å². The van der Waals surface area contributed by atoms with Crippen LogP contribution in [0, 0.1) is 0 Å². The van der Waals surface area contributed by atoms with Crippen LogP contribution >= 0.6 is 0 Å². The second kappa shape index (κ2) is 7.22. The number of amides is 2. The first-order valence-electron chi connectivity index (χ1n) is 8.13. The zero-order chi connectivity index (χ0) is 18.7. The summed E-state index contributed by atoms with van der Waals surface area (Å²) in [6.45, 7) is 3.68. The number of fused-ring (bicyclic) bond motifs is 1. The largest absolute Gasteiger partial charge is 0.412 e. The number of hydrogen-bond acceptors (Lipinski definition) is 5. The number of benzene rings is 1. The lowest BCUT2D eigenvalue weighted by Gasteiger charge is -2.08. The van der Waals surface area contributed by atoms with Gasteiger partial charge < -0.3 is 20.4 Å². The lowest BCUT2D eigenvalue weighted by Crippen LogP contribution is -2.32. The highest BCUT2D eigenvalue weighted by Gasteiger charge is 2.14. The molecular formula is C18H19N5O3. The highest BCUT2D eigenvalue weighted by atomic mass is 16.6. The number of aromatic amines is 1. The maximum atomic E-state index is 11.8. The van der Waals surface area contributed by atoms with Crippen LogP contribution in [0.15, 0.2) is 36.7 Å². The summed E-state index contributed by atoms with van der Waals surface area (Å²) in [7, 11) is 1.58. The molecule has 0 aliphatic carbocycles. The van der Waals surface area contributed by atoms with Crippen LogP contribution in [0.5, 0.6) is 5.75 Å². The summed E-state index contributed by atoms with van der Waals surface area (Å²) in [4.78, 5) is 35.4. The zero-order valence-electron chi connectivity index (χ0n) is 14.7. The molecule has 3 N–H and O–H groups in total. The van der Waals surface area contributed by atoms with Gasteiger partial charge in [0.05, 0.1) is 11.9 Å². The Hall–Kier alpha value is -3.42. The summed E-state index contributed by atoms with van der Waals surface area (Å²) >= 11 is 0. The van der Waals surface area contributed by atoms with Gasteiger partial charge in [-0.1, -0.05) is 12.1 Å².